The highest BCUT2D eigenvalue weighted by molar-refractivity contribution is 9.10. The van der Waals surface area contributed by atoms with Crippen molar-refractivity contribution >= 4 is 44.2 Å². The van der Waals surface area contributed by atoms with Gasteiger partial charge in [0.2, 0.25) is 11.8 Å². The van der Waals surface area contributed by atoms with Crippen molar-refractivity contribution in [2.75, 3.05) is 4.90 Å². The first-order chi connectivity index (χ1) is 12.2. The van der Waals surface area contributed by atoms with Crippen LogP contribution in [0.25, 0.3) is 10.8 Å². The zero-order valence-electron chi connectivity index (χ0n) is 13.7. The lowest BCUT2D eigenvalue weighted by Gasteiger charge is -2.42. The lowest BCUT2D eigenvalue weighted by Crippen LogP contribution is -2.43. The average Bonchev–Trinajstić information content (AvgIpc) is 3.41. The third kappa shape index (κ3) is 1.71. The van der Waals surface area contributed by atoms with E-state index in [1.54, 1.807) is 0 Å². The van der Waals surface area contributed by atoms with Crippen molar-refractivity contribution in [3.8, 4) is 0 Å². The molecule has 5 fully saturated rings. The molecular formula is C21H18BrNO2. The van der Waals surface area contributed by atoms with E-state index in [1.807, 2.05) is 36.4 Å². The number of hydrogen-bond donors (Lipinski definition) is 0. The first kappa shape index (κ1) is 14.5. The van der Waals surface area contributed by atoms with Gasteiger partial charge in [-0.25, -0.2) is 4.90 Å². The van der Waals surface area contributed by atoms with E-state index in [1.165, 1.54) is 11.3 Å². The lowest BCUT2D eigenvalue weighted by atomic mass is 9.59. The van der Waals surface area contributed by atoms with Crippen LogP contribution in [0.4, 0.5) is 5.69 Å². The SMILES string of the molecule is O=C1[C@@H]2[C@@H]3CC[C@@H]([C@H]4C[C@H]43)[C@@H]2C(=O)N1c1ccc(Br)c2ccccc12. The Morgan fingerprint density at radius 1 is 0.800 bits per heavy atom. The minimum Gasteiger partial charge on any atom is -0.274 e. The van der Waals surface area contributed by atoms with E-state index >= 15 is 0 Å². The molecule has 4 saturated carbocycles. The molecule has 2 aromatic carbocycles. The summed E-state index contributed by atoms with van der Waals surface area (Å²) < 4.78 is 0.990. The summed E-state index contributed by atoms with van der Waals surface area (Å²) in [7, 11) is 0. The molecular weight excluding hydrogens is 378 g/mol. The van der Waals surface area contributed by atoms with Crippen LogP contribution in [0.1, 0.15) is 19.3 Å². The van der Waals surface area contributed by atoms with Gasteiger partial charge in [0.25, 0.3) is 0 Å². The Labute approximate surface area is 154 Å². The molecule has 2 amide bonds. The molecule has 6 atom stereocenters. The largest absolute Gasteiger partial charge is 0.274 e. The summed E-state index contributed by atoms with van der Waals surface area (Å²) in [5, 5.41) is 2.01. The first-order valence-corrected chi connectivity index (χ1v) is 10.0. The molecule has 4 aliphatic carbocycles. The van der Waals surface area contributed by atoms with Crippen molar-refractivity contribution in [3.05, 3.63) is 40.9 Å². The van der Waals surface area contributed by atoms with E-state index in [9.17, 15) is 9.59 Å². The number of hydrogen-bond acceptors (Lipinski definition) is 2. The zero-order valence-corrected chi connectivity index (χ0v) is 15.3. The number of fused-ring (bicyclic) bond motifs is 2. The summed E-state index contributed by atoms with van der Waals surface area (Å²) in [4.78, 5) is 28.2. The summed E-state index contributed by atoms with van der Waals surface area (Å²) in [6.07, 6.45) is 3.53. The molecule has 5 aliphatic rings. The van der Waals surface area contributed by atoms with Crippen LogP contribution in [0, 0.1) is 35.5 Å². The highest BCUT2D eigenvalue weighted by Crippen LogP contribution is 2.68. The number of anilines is 1. The maximum atomic E-state index is 13.3. The van der Waals surface area contributed by atoms with Crippen LogP contribution in [0.15, 0.2) is 40.9 Å². The van der Waals surface area contributed by atoms with Crippen LogP contribution in [-0.4, -0.2) is 11.8 Å². The molecule has 2 aromatic rings. The van der Waals surface area contributed by atoms with Crippen LogP contribution in [-0.2, 0) is 9.59 Å². The minimum absolute atomic E-state index is 0.0579. The number of benzene rings is 2. The molecule has 7 rings (SSSR count). The molecule has 25 heavy (non-hydrogen) atoms. The van der Waals surface area contributed by atoms with Gasteiger partial charge < -0.3 is 0 Å². The summed E-state index contributed by atoms with van der Waals surface area (Å²) in [5.41, 5.74) is 0.760. The normalized spacial score (nSPS) is 38.2. The number of amides is 2. The standard InChI is InChI=1S/C21H18BrNO2/c22-16-7-8-17(11-4-2-1-3-10(11)16)23-20(24)18-12-5-6-13(15-9-14(12)15)19(18)21(23)25/h1-4,7-8,12-15,18-19H,5-6,9H2/t12-,13+,14+,15-,18-,19+. The van der Waals surface area contributed by atoms with Crippen LogP contribution in [0.3, 0.4) is 0 Å². The number of halogens is 1. The fraction of sp³-hybridized carbons (Fsp3) is 0.429. The van der Waals surface area contributed by atoms with Gasteiger partial charge in [0.05, 0.1) is 17.5 Å². The molecule has 1 aliphatic heterocycles. The van der Waals surface area contributed by atoms with E-state index in [2.05, 4.69) is 15.9 Å². The Bertz CT molecular complexity index is 920. The average molecular weight is 396 g/mol. The molecule has 3 nitrogen and oxygen atoms in total. The van der Waals surface area contributed by atoms with Gasteiger partial charge in [0, 0.05) is 9.86 Å². The fourth-order valence-corrected chi connectivity index (χ4v) is 6.69. The van der Waals surface area contributed by atoms with Crippen molar-refractivity contribution in [2.45, 2.75) is 19.3 Å². The number of carbonyl (C=O) groups is 2. The van der Waals surface area contributed by atoms with Gasteiger partial charge >= 0.3 is 0 Å². The third-order valence-corrected chi connectivity index (χ3v) is 7.93. The summed E-state index contributed by atoms with van der Waals surface area (Å²) in [6, 6.07) is 11.9. The van der Waals surface area contributed by atoms with Crippen molar-refractivity contribution in [1.29, 1.82) is 0 Å². The quantitative estimate of drug-likeness (QED) is 0.671. The van der Waals surface area contributed by atoms with Crippen LogP contribution < -0.4 is 4.90 Å². The second kappa shape index (κ2) is 4.73. The van der Waals surface area contributed by atoms with Crippen molar-refractivity contribution in [1.82, 2.24) is 0 Å². The van der Waals surface area contributed by atoms with Crippen LogP contribution >= 0.6 is 15.9 Å². The van der Waals surface area contributed by atoms with Gasteiger partial charge in [-0.3, -0.25) is 9.59 Å². The Balaban J connectivity index is 1.51. The van der Waals surface area contributed by atoms with Gasteiger partial charge in [-0.2, -0.15) is 0 Å². The summed E-state index contributed by atoms with van der Waals surface area (Å²) >= 11 is 3.59. The Hall–Kier alpha value is -1.68. The van der Waals surface area contributed by atoms with Crippen LogP contribution in [0.2, 0.25) is 0 Å². The smallest absolute Gasteiger partial charge is 0.238 e. The number of rotatable bonds is 1. The maximum Gasteiger partial charge on any atom is 0.238 e. The van der Waals surface area contributed by atoms with Crippen molar-refractivity contribution in [3.63, 3.8) is 0 Å². The summed E-state index contributed by atoms with van der Waals surface area (Å²) in [6.45, 7) is 0. The molecule has 0 aromatic heterocycles. The second-order valence-corrected chi connectivity index (χ2v) is 9.00. The monoisotopic (exact) mass is 395 g/mol. The van der Waals surface area contributed by atoms with E-state index in [4.69, 9.17) is 0 Å². The minimum atomic E-state index is -0.0580. The van der Waals surface area contributed by atoms with Gasteiger partial charge in [-0.15, -0.1) is 0 Å². The van der Waals surface area contributed by atoms with Gasteiger partial charge in [-0.1, -0.05) is 40.2 Å². The molecule has 1 heterocycles. The van der Waals surface area contributed by atoms with Gasteiger partial charge in [0.1, 0.15) is 0 Å². The highest BCUT2D eigenvalue weighted by Gasteiger charge is 2.68. The van der Waals surface area contributed by atoms with Crippen molar-refractivity contribution < 1.29 is 9.59 Å². The molecule has 2 bridgehead atoms. The maximum absolute atomic E-state index is 13.3. The zero-order chi connectivity index (χ0) is 16.9. The molecule has 0 spiro atoms. The van der Waals surface area contributed by atoms with Crippen LogP contribution in [0.5, 0.6) is 0 Å². The molecule has 0 radical (unpaired) electrons. The Kier molecular flexibility index (Phi) is 2.74. The van der Waals surface area contributed by atoms with E-state index < -0.39 is 0 Å². The molecule has 126 valence electrons. The molecule has 0 N–H and O–H groups in total. The number of carbonyl (C=O) groups excluding carboxylic acids is 2. The van der Waals surface area contributed by atoms with Gasteiger partial charge in [0.15, 0.2) is 0 Å². The van der Waals surface area contributed by atoms with E-state index in [0.717, 1.165) is 45.6 Å². The molecule has 1 saturated heterocycles. The molecule has 4 heteroatoms. The highest BCUT2D eigenvalue weighted by atomic mass is 79.9. The van der Waals surface area contributed by atoms with Crippen molar-refractivity contribution in [2.24, 2.45) is 35.5 Å². The second-order valence-electron chi connectivity index (χ2n) is 8.14. The predicted molar refractivity (Wildman–Crippen MR) is 98.9 cm³/mol. The van der Waals surface area contributed by atoms with E-state index in [0.29, 0.717) is 11.8 Å². The Morgan fingerprint density at radius 2 is 1.40 bits per heavy atom. The topological polar surface area (TPSA) is 37.4 Å². The fourth-order valence-electron chi connectivity index (χ4n) is 6.22. The predicted octanol–water partition coefficient (Wildman–Crippen LogP) is 4.38. The lowest BCUT2D eigenvalue weighted by molar-refractivity contribution is -0.129. The van der Waals surface area contributed by atoms with E-state index in [-0.39, 0.29) is 23.7 Å². The first-order valence-electron chi connectivity index (χ1n) is 9.22. The molecule has 0 unspecified atom stereocenters. The summed E-state index contributed by atoms with van der Waals surface area (Å²) in [5.74, 6) is 2.34. The number of nitrogens with zero attached hydrogens (tertiary/aromatic N) is 1. The Morgan fingerprint density at radius 3 is 2.04 bits per heavy atom. The van der Waals surface area contributed by atoms with Gasteiger partial charge in [-0.05, 0) is 60.5 Å². The number of imide groups is 1. The third-order valence-electron chi connectivity index (χ3n) is 7.23.